The summed E-state index contributed by atoms with van der Waals surface area (Å²) < 4.78 is 26.8. The highest BCUT2D eigenvalue weighted by Gasteiger charge is 2.26. The van der Waals surface area contributed by atoms with Crippen LogP contribution in [0.4, 0.5) is 5.82 Å². The van der Waals surface area contributed by atoms with E-state index >= 15 is 0 Å². The molecular formula is C18H22ClN3O2S. The number of rotatable bonds is 5. The van der Waals surface area contributed by atoms with Crippen LogP contribution >= 0.6 is 11.6 Å². The number of sulfonamides is 1. The maximum Gasteiger partial charge on any atom is 0.244 e. The quantitative estimate of drug-likeness (QED) is 0.850. The Morgan fingerprint density at radius 2 is 1.92 bits per heavy atom. The Kier molecular flexibility index (Phi) is 5.61. The fourth-order valence-corrected chi connectivity index (χ4v) is 4.62. The third-order valence-corrected chi connectivity index (χ3v) is 6.52. The number of pyridine rings is 1. The zero-order chi connectivity index (χ0) is 17.9. The molecule has 1 aliphatic heterocycles. The second-order valence-corrected chi connectivity index (χ2v) is 8.64. The molecule has 1 fully saturated rings. The van der Waals surface area contributed by atoms with Crippen molar-refractivity contribution in [1.82, 2.24) is 9.29 Å². The molecule has 1 atom stereocenters. The molecule has 1 aromatic heterocycles. The van der Waals surface area contributed by atoms with Gasteiger partial charge in [0.2, 0.25) is 10.0 Å². The molecule has 1 unspecified atom stereocenters. The lowest BCUT2D eigenvalue weighted by Crippen LogP contribution is -2.35. The van der Waals surface area contributed by atoms with Crippen LogP contribution in [-0.4, -0.2) is 30.8 Å². The molecule has 7 heteroatoms. The predicted molar refractivity (Wildman–Crippen MR) is 100 cm³/mol. The molecule has 1 saturated heterocycles. The van der Waals surface area contributed by atoms with Gasteiger partial charge in [-0.2, -0.15) is 4.31 Å². The maximum atomic E-state index is 12.6. The van der Waals surface area contributed by atoms with Crippen molar-refractivity contribution in [2.45, 2.75) is 37.1 Å². The molecule has 5 nitrogen and oxygen atoms in total. The highest BCUT2D eigenvalue weighted by atomic mass is 35.5. The van der Waals surface area contributed by atoms with Crippen molar-refractivity contribution in [1.29, 1.82) is 0 Å². The minimum absolute atomic E-state index is 0.00996. The molecule has 1 aromatic carbocycles. The van der Waals surface area contributed by atoms with Crippen LogP contribution in [0.1, 0.15) is 37.8 Å². The highest BCUT2D eigenvalue weighted by Crippen LogP contribution is 2.23. The Balaban J connectivity index is 1.71. The lowest BCUT2D eigenvalue weighted by atomic mass is 10.1. The number of piperidine rings is 1. The fourth-order valence-electron chi connectivity index (χ4n) is 2.95. The van der Waals surface area contributed by atoms with Crippen molar-refractivity contribution < 1.29 is 8.42 Å². The molecule has 3 rings (SSSR count). The lowest BCUT2D eigenvalue weighted by molar-refractivity contribution is 0.346. The smallest absolute Gasteiger partial charge is 0.244 e. The average molecular weight is 380 g/mol. The van der Waals surface area contributed by atoms with Crippen molar-refractivity contribution in [2.24, 2.45) is 0 Å². The van der Waals surface area contributed by atoms with Gasteiger partial charge in [0, 0.05) is 30.4 Å². The van der Waals surface area contributed by atoms with Gasteiger partial charge in [0.1, 0.15) is 10.7 Å². The number of hydrogen-bond acceptors (Lipinski definition) is 4. The zero-order valence-electron chi connectivity index (χ0n) is 14.2. The number of anilines is 1. The molecule has 0 spiro atoms. The Morgan fingerprint density at radius 1 is 1.16 bits per heavy atom. The van der Waals surface area contributed by atoms with Gasteiger partial charge in [-0.15, -0.1) is 0 Å². The molecule has 0 radical (unpaired) electrons. The SMILES string of the molecule is CC(Nc1ccc(S(=O)(=O)N2CCCCC2)cn1)c1cccc(Cl)c1. The van der Waals surface area contributed by atoms with Crippen LogP contribution < -0.4 is 5.32 Å². The normalized spacial score (nSPS) is 17.2. The number of aromatic nitrogens is 1. The Labute approximate surface area is 154 Å². The number of nitrogens with one attached hydrogen (secondary N) is 1. The monoisotopic (exact) mass is 379 g/mol. The van der Waals surface area contributed by atoms with Crippen LogP contribution in [0.2, 0.25) is 5.02 Å². The van der Waals surface area contributed by atoms with E-state index < -0.39 is 10.0 Å². The first-order valence-corrected chi connectivity index (χ1v) is 10.3. The Bertz CT molecular complexity index is 818. The van der Waals surface area contributed by atoms with E-state index in [9.17, 15) is 8.42 Å². The van der Waals surface area contributed by atoms with Gasteiger partial charge in [-0.05, 0) is 49.6 Å². The van der Waals surface area contributed by atoms with Crippen LogP contribution in [0.5, 0.6) is 0 Å². The molecule has 0 amide bonds. The molecule has 2 aromatic rings. The van der Waals surface area contributed by atoms with E-state index in [-0.39, 0.29) is 10.9 Å². The average Bonchev–Trinajstić information content (AvgIpc) is 2.63. The van der Waals surface area contributed by atoms with Gasteiger partial charge < -0.3 is 5.32 Å². The standard InChI is InChI=1S/C18H22ClN3O2S/c1-14(15-6-5-7-16(19)12-15)21-18-9-8-17(13-20-18)25(23,24)22-10-3-2-4-11-22/h5-9,12-14H,2-4,10-11H2,1H3,(H,20,21). The van der Waals surface area contributed by atoms with Gasteiger partial charge in [-0.3, -0.25) is 0 Å². The van der Waals surface area contributed by atoms with E-state index in [0.717, 1.165) is 24.8 Å². The third-order valence-electron chi connectivity index (χ3n) is 4.40. The molecule has 2 heterocycles. The molecular weight excluding hydrogens is 358 g/mol. The number of halogens is 1. The van der Waals surface area contributed by atoms with Crippen LogP contribution in [0.15, 0.2) is 47.5 Å². The first-order valence-electron chi connectivity index (χ1n) is 8.45. The summed E-state index contributed by atoms with van der Waals surface area (Å²) >= 11 is 6.02. The molecule has 134 valence electrons. The topological polar surface area (TPSA) is 62.3 Å². The van der Waals surface area contributed by atoms with Gasteiger partial charge in [0.05, 0.1) is 0 Å². The summed E-state index contributed by atoms with van der Waals surface area (Å²) in [5.74, 6) is 0.630. The van der Waals surface area contributed by atoms with Gasteiger partial charge >= 0.3 is 0 Å². The second kappa shape index (κ2) is 7.72. The first-order chi connectivity index (χ1) is 12.0. The molecule has 1 aliphatic rings. The third kappa shape index (κ3) is 4.32. The summed E-state index contributed by atoms with van der Waals surface area (Å²) in [4.78, 5) is 4.52. The summed E-state index contributed by atoms with van der Waals surface area (Å²) in [5.41, 5.74) is 1.04. The molecule has 0 saturated carbocycles. The number of hydrogen-bond donors (Lipinski definition) is 1. The molecule has 0 bridgehead atoms. The van der Waals surface area contributed by atoms with Crippen molar-refractivity contribution in [3.63, 3.8) is 0 Å². The zero-order valence-corrected chi connectivity index (χ0v) is 15.7. The van der Waals surface area contributed by atoms with Gasteiger partial charge in [-0.25, -0.2) is 13.4 Å². The van der Waals surface area contributed by atoms with Crippen LogP contribution in [-0.2, 0) is 10.0 Å². The van der Waals surface area contributed by atoms with Crippen molar-refractivity contribution >= 4 is 27.4 Å². The second-order valence-electron chi connectivity index (χ2n) is 6.26. The van der Waals surface area contributed by atoms with E-state index in [2.05, 4.69) is 10.3 Å². The van der Waals surface area contributed by atoms with Crippen molar-refractivity contribution in [3.05, 3.63) is 53.2 Å². The van der Waals surface area contributed by atoms with Crippen LogP contribution in [0, 0.1) is 0 Å². The Hall–Kier alpha value is -1.63. The molecule has 1 N–H and O–H groups in total. The van der Waals surface area contributed by atoms with Gasteiger partial charge in [-0.1, -0.05) is 30.2 Å². The fraction of sp³-hybridized carbons (Fsp3) is 0.389. The minimum atomic E-state index is -3.44. The largest absolute Gasteiger partial charge is 0.364 e. The summed E-state index contributed by atoms with van der Waals surface area (Å²) in [6.45, 7) is 3.19. The summed E-state index contributed by atoms with van der Waals surface area (Å²) in [7, 11) is -3.44. The summed E-state index contributed by atoms with van der Waals surface area (Å²) in [6.07, 6.45) is 4.36. The van der Waals surface area contributed by atoms with E-state index in [1.165, 1.54) is 6.20 Å². The predicted octanol–water partition coefficient (Wildman–Crippen LogP) is 4.08. The lowest BCUT2D eigenvalue weighted by Gasteiger charge is -2.25. The van der Waals surface area contributed by atoms with Crippen molar-refractivity contribution in [2.75, 3.05) is 18.4 Å². The van der Waals surface area contributed by atoms with E-state index in [4.69, 9.17) is 11.6 Å². The van der Waals surface area contributed by atoms with Crippen LogP contribution in [0.25, 0.3) is 0 Å². The highest BCUT2D eigenvalue weighted by molar-refractivity contribution is 7.89. The molecule has 0 aliphatic carbocycles. The number of nitrogens with zero attached hydrogens (tertiary/aromatic N) is 2. The van der Waals surface area contributed by atoms with E-state index in [1.807, 2.05) is 31.2 Å². The van der Waals surface area contributed by atoms with Crippen molar-refractivity contribution in [3.8, 4) is 0 Å². The van der Waals surface area contributed by atoms with Gasteiger partial charge in [0.15, 0.2) is 0 Å². The van der Waals surface area contributed by atoms with Crippen LogP contribution in [0.3, 0.4) is 0 Å². The Morgan fingerprint density at radius 3 is 2.56 bits per heavy atom. The first kappa shape index (κ1) is 18.2. The summed E-state index contributed by atoms with van der Waals surface area (Å²) in [6, 6.07) is 10.9. The molecule has 25 heavy (non-hydrogen) atoms. The summed E-state index contributed by atoms with van der Waals surface area (Å²) in [5, 5.41) is 3.95. The van der Waals surface area contributed by atoms with E-state index in [1.54, 1.807) is 16.4 Å². The minimum Gasteiger partial charge on any atom is -0.364 e. The van der Waals surface area contributed by atoms with E-state index in [0.29, 0.717) is 23.9 Å². The van der Waals surface area contributed by atoms with Gasteiger partial charge in [0.25, 0.3) is 0 Å². The number of benzene rings is 1. The maximum absolute atomic E-state index is 12.6.